The molecular weight excluding hydrogens is 265 g/mol. The average Bonchev–Trinajstić information content (AvgIpc) is 2.21. The van der Waals surface area contributed by atoms with Crippen LogP contribution in [-0.4, -0.2) is 18.8 Å². The van der Waals surface area contributed by atoms with Crippen molar-refractivity contribution in [1.29, 1.82) is 0 Å². The van der Waals surface area contributed by atoms with Crippen LogP contribution in [0, 0.1) is 5.82 Å². The van der Waals surface area contributed by atoms with Gasteiger partial charge in [-0.25, -0.2) is 4.39 Å². The molecule has 1 unspecified atom stereocenters. The Kier molecular flexibility index (Phi) is 4.50. The molecule has 84 valence electrons. The molecule has 0 bridgehead atoms. The number of aliphatic hydroxyl groups is 1. The zero-order chi connectivity index (χ0) is 11.4. The lowest BCUT2D eigenvalue weighted by atomic mass is 10.0. The standard InChI is InChI=1S/C10H13BrFNO2/c1-15-10-6(11)2-3-7(12)9(10)8(14)4-5-13/h2-3,8,14H,4-5,13H2,1H3. The molecule has 0 saturated carbocycles. The smallest absolute Gasteiger partial charge is 0.141 e. The number of benzene rings is 1. The molecule has 0 aliphatic heterocycles. The normalized spacial score (nSPS) is 12.6. The molecule has 0 heterocycles. The molecule has 1 aromatic rings. The van der Waals surface area contributed by atoms with E-state index >= 15 is 0 Å². The average molecular weight is 278 g/mol. The van der Waals surface area contributed by atoms with Gasteiger partial charge in [-0.3, -0.25) is 0 Å². The van der Waals surface area contributed by atoms with Gasteiger partial charge in [-0.2, -0.15) is 0 Å². The monoisotopic (exact) mass is 277 g/mol. The zero-order valence-electron chi connectivity index (χ0n) is 8.34. The van der Waals surface area contributed by atoms with E-state index in [0.29, 0.717) is 16.6 Å². The Morgan fingerprint density at radius 2 is 2.27 bits per heavy atom. The third kappa shape index (κ3) is 2.68. The van der Waals surface area contributed by atoms with Gasteiger partial charge in [0.2, 0.25) is 0 Å². The first-order valence-electron chi connectivity index (χ1n) is 4.51. The summed E-state index contributed by atoms with van der Waals surface area (Å²) in [6.07, 6.45) is -0.647. The lowest BCUT2D eigenvalue weighted by molar-refractivity contribution is 0.161. The van der Waals surface area contributed by atoms with Crippen molar-refractivity contribution >= 4 is 15.9 Å². The van der Waals surface area contributed by atoms with Crippen molar-refractivity contribution < 1.29 is 14.2 Å². The Morgan fingerprint density at radius 3 is 2.80 bits per heavy atom. The Morgan fingerprint density at radius 1 is 1.60 bits per heavy atom. The molecule has 0 amide bonds. The van der Waals surface area contributed by atoms with Crippen LogP contribution in [0.5, 0.6) is 5.75 Å². The highest BCUT2D eigenvalue weighted by Crippen LogP contribution is 2.35. The fourth-order valence-electron chi connectivity index (χ4n) is 1.37. The van der Waals surface area contributed by atoms with Crippen molar-refractivity contribution in [3.8, 4) is 5.75 Å². The molecule has 0 spiro atoms. The molecule has 3 nitrogen and oxygen atoms in total. The number of rotatable bonds is 4. The molecule has 1 aromatic carbocycles. The number of ether oxygens (including phenoxy) is 1. The quantitative estimate of drug-likeness (QED) is 0.885. The van der Waals surface area contributed by atoms with Gasteiger partial charge in [-0.15, -0.1) is 0 Å². The van der Waals surface area contributed by atoms with Crippen LogP contribution in [0.2, 0.25) is 0 Å². The second kappa shape index (κ2) is 5.44. The number of hydrogen-bond acceptors (Lipinski definition) is 3. The van der Waals surface area contributed by atoms with Crippen molar-refractivity contribution in [2.45, 2.75) is 12.5 Å². The van der Waals surface area contributed by atoms with Gasteiger partial charge in [0, 0.05) is 0 Å². The molecule has 0 saturated heterocycles. The van der Waals surface area contributed by atoms with Gasteiger partial charge in [0.25, 0.3) is 0 Å². The van der Waals surface area contributed by atoms with E-state index in [4.69, 9.17) is 10.5 Å². The van der Waals surface area contributed by atoms with Crippen molar-refractivity contribution in [2.24, 2.45) is 5.73 Å². The summed E-state index contributed by atoms with van der Waals surface area (Å²) in [6.45, 7) is 0.288. The van der Waals surface area contributed by atoms with Gasteiger partial charge in [0.1, 0.15) is 11.6 Å². The van der Waals surface area contributed by atoms with E-state index in [9.17, 15) is 9.50 Å². The maximum atomic E-state index is 13.5. The first-order valence-corrected chi connectivity index (χ1v) is 5.31. The van der Waals surface area contributed by atoms with E-state index in [1.165, 1.54) is 19.2 Å². The van der Waals surface area contributed by atoms with Crippen molar-refractivity contribution in [3.63, 3.8) is 0 Å². The largest absolute Gasteiger partial charge is 0.495 e. The van der Waals surface area contributed by atoms with Gasteiger partial charge >= 0.3 is 0 Å². The summed E-state index contributed by atoms with van der Waals surface area (Å²) in [5.74, 6) is -0.174. The van der Waals surface area contributed by atoms with Crippen LogP contribution in [0.4, 0.5) is 4.39 Å². The summed E-state index contributed by atoms with van der Waals surface area (Å²) >= 11 is 3.23. The summed E-state index contributed by atoms with van der Waals surface area (Å²) in [5.41, 5.74) is 5.46. The third-order valence-electron chi connectivity index (χ3n) is 2.07. The fourth-order valence-corrected chi connectivity index (χ4v) is 1.88. The van der Waals surface area contributed by atoms with E-state index in [0.717, 1.165) is 0 Å². The molecular formula is C10H13BrFNO2. The second-order valence-corrected chi connectivity index (χ2v) is 3.92. The molecule has 3 N–H and O–H groups in total. The highest BCUT2D eigenvalue weighted by atomic mass is 79.9. The van der Waals surface area contributed by atoms with Crippen molar-refractivity contribution in [3.05, 3.63) is 28.0 Å². The first-order chi connectivity index (χ1) is 7.11. The summed E-state index contributed by atoms with van der Waals surface area (Å²) in [7, 11) is 1.43. The van der Waals surface area contributed by atoms with Gasteiger partial charge in [0.05, 0.1) is 23.2 Å². The third-order valence-corrected chi connectivity index (χ3v) is 2.70. The number of halogens is 2. The number of aliphatic hydroxyl groups excluding tert-OH is 1. The number of methoxy groups -OCH3 is 1. The van der Waals surface area contributed by atoms with Crippen LogP contribution in [0.1, 0.15) is 18.1 Å². The maximum absolute atomic E-state index is 13.5. The molecule has 0 aliphatic rings. The second-order valence-electron chi connectivity index (χ2n) is 3.07. The van der Waals surface area contributed by atoms with Crippen LogP contribution < -0.4 is 10.5 Å². The number of hydrogen-bond donors (Lipinski definition) is 2. The van der Waals surface area contributed by atoms with Gasteiger partial charge < -0.3 is 15.6 Å². The minimum absolute atomic E-state index is 0.150. The highest BCUT2D eigenvalue weighted by Gasteiger charge is 2.19. The summed E-state index contributed by atoms with van der Waals surface area (Å²) in [5, 5.41) is 9.72. The topological polar surface area (TPSA) is 55.5 Å². The predicted octanol–water partition coefficient (Wildman–Crippen LogP) is 1.98. The van der Waals surface area contributed by atoms with Crippen molar-refractivity contribution in [2.75, 3.05) is 13.7 Å². The van der Waals surface area contributed by atoms with Crippen LogP contribution >= 0.6 is 15.9 Å². The SMILES string of the molecule is COc1c(Br)ccc(F)c1C(O)CCN. The van der Waals surface area contributed by atoms with E-state index < -0.39 is 11.9 Å². The first kappa shape index (κ1) is 12.4. The highest BCUT2D eigenvalue weighted by molar-refractivity contribution is 9.10. The van der Waals surface area contributed by atoms with Gasteiger partial charge in [0.15, 0.2) is 0 Å². The zero-order valence-corrected chi connectivity index (χ0v) is 9.92. The van der Waals surface area contributed by atoms with Crippen LogP contribution in [0.15, 0.2) is 16.6 Å². The van der Waals surface area contributed by atoms with E-state index in [1.54, 1.807) is 0 Å². The van der Waals surface area contributed by atoms with E-state index in [1.807, 2.05) is 0 Å². The Labute approximate surface area is 96.2 Å². The van der Waals surface area contributed by atoms with Crippen molar-refractivity contribution in [1.82, 2.24) is 0 Å². The lowest BCUT2D eigenvalue weighted by Crippen LogP contribution is -2.10. The summed E-state index contributed by atoms with van der Waals surface area (Å²) in [6, 6.07) is 2.81. The van der Waals surface area contributed by atoms with Gasteiger partial charge in [-0.05, 0) is 41.0 Å². The van der Waals surface area contributed by atoms with Crippen LogP contribution in [0.3, 0.4) is 0 Å². The molecule has 0 aliphatic carbocycles. The molecule has 0 aromatic heterocycles. The van der Waals surface area contributed by atoms with Gasteiger partial charge in [-0.1, -0.05) is 0 Å². The minimum atomic E-state index is -0.942. The lowest BCUT2D eigenvalue weighted by Gasteiger charge is -2.16. The van der Waals surface area contributed by atoms with E-state index in [-0.39, 0.29) is 12.1 Å². The summed E-state index contributed by atoms with van der Waals surface area (Å²) in [4.78, 5) is 0. The van der Waals surface area contributed by atoms with Crippen LogP contribution in [-0.2, 0) is 0 Å². The maximum Gasteiger partial charge on any atom is 0.141 e. The van der Waals surface area contributed by atoms with E-state index in [2.05, 4.69) is 15.9 Å². The Hall–Kier alpha value is -0.650. The molecule has 0 fully saturated rings. The minimum Gasteiger partial charge on any atom is -0.495 e. The molecule has 15 heavy (non-hydrogen) atoms. The molecule has 0 radical (unpaired) electrons. The number of nitrogens with two attached hydrogens (primary N) is 1. The Balaban J connectivity index is 3.18. The molecule has 1 atom stereocenters. The molecule has 5 heteroatoms. The fraction of sp³-hybridized carbons (Fsp3) is 0.400. The Bertz CT molecular complexity index is 346. The predicted molar refractivity (Wildman–Crippen MR) is 59.3 cm³/mol. The molecule has 1 rings (SSSR count). The summed E-state index contributed by atoms with van der Waals surface area (Å²) < 4.78 is 19.1. The van der Waals surface area contributed by atoms with Crippen LogP contribution in [0.25, 0.3) is 0 Å².